The smallest absolute Gasteiger partial charge is 0.0698 e. The molecular weight excluding hydrogens is 232 g/mol. The number of hydrogen-bond acceptors (Lipinski definition) is 4. The third-order valence-corrected chi connectivity index (χ3v) is 4.31. The van der Waals surface area contributed by atoms with Crippen molar-refractivity contribution in [3.63, 3.8) is 0 Å². The Morgan fingerprint density at radius 2 is 2.29 bits per heavy atom. The molecule has 1 fully saturated rings. The first-order chi connectivity index (χ1) is 8.31. The summed E-state index contributed by atoms with van der Waals surface area (Å²) < 4.78 is 5.45. The van der Waals surface area contributed by atoms with Crippen LogP contribution in [0, 0.1) is 0 Å². The lowest BCUT2D eigenvalue weighted by Crippen LogP contribution is -2.38. The zero-order valence-electron chi connectivity index (χ0n) is 10.7. The molecule has 0 aliphatic carbocycles. The van der Waals surface area contributed by atoms with E-state index in [1.165, 1.54) is 29.1 Å². The number of hydrogen-bond donors (Lipinski definition) is 1. The van der Waals surface area contributed by atoms with Crippen molar-refractivity contribution in [1.82, 2.24) is 10.2 Å². The van der Waals surface area contributed by atoms with Gasteiger partial charge in [0.1, 0.15) is 0 Å². The standard InChI is InChI=1S/C13H22N2OS/c1-14-8-12-5-6-13(17-12)10-15-7-3-4-11(9-15)16-2/h5-6,11,14H,3-4,7-10H2,1-2H3. The van der Waals surface area contributed by atoms with E-state index < -0.39 is 0 Å². The molecule has 1 aromatic heterocycles. The predicted octanol–water partition coefficient (Wildman–Crippen LogP) is 2.08. The van der Waals surface area contributed by atoms with Gasteiger partial charge in [0, 0.05) is 36.5 Å². The monoisotopic (exact) mass is 254 g/mol. The van der Waals surface area contributed by atoms with Crippen molar-refractivity contribution in [2.75, 3.05) is 27.2 Å². The van der Waals surface area contributed by atoms with Gasteiger partial charge in [-0.05, 0) is 38.6 Å². The summed E-state index contributed by atoms with van der Waals surface area (Å²) in [4.78, 5) is 5.39. The molecule has 2 heterocycles. The number of piperidine rings is 1. The highest BCUT2D eigenvalue weighted by atomic mass is 32.1. The van der Waals surface area contributed by atoms with Gasteiger partial charge in [0.05, 0.1) is 6.10 Å². The Balaban J connectivity index is 1.86. The Kier molecular flexibility index (Phi) is 4.98. The molecule has 1 N–H and O–H groups in total. The van der Waals surface area contributed by atoms with Crippen LogP contribution in [0.4, 0.5) is 0 Å². The summed E-state index contributed by atoms with van der Waals surface area (Å²) in [7, 11) is 3.82. The Morgan fingerprint density at radius 1 is 1.47 bits per heavy atom. The lowest BCUT2D eigenvalue weighted by Gasteiger charge is -2.31. The van der Waals surface area contributed by atoms with Gasteiger partial charge in [-0.2, -0.15) is 0 Å². The molecule has 4 heteroatoms. The van der Waals surface area contributed by atoms with Crippen LogP contribution in [0.15, 0.2) is 12.1 Å². The summed E-state index contributed by atoms with van der Waals surface area (Å²) in [5, 5.41) is 3.19. The quantitative estimate of drug-likeness (QED) is 0.870. The molecule has 0 amide bonds. The topological polar surface area (TPSA) is 24.5 Å². The number of likely N-dealkylation sites (tertiary alicyclic amines) is 1. The largest absolute Gasteiger partial charge is 0.380 e. The second kappa shape index (κ2) is 6.50. The van der Waals surface area contributed by atoms with Crippen LogP contribution < -0.4 is 5.32 Å². The molecule has 17 heavy (non-hydrogen) atoms. The summed E-state index contributed by atoms with van der Waals surface area (Å²) in [5.74, 6) is 0. The summed E-state index contributed by atoms with van der Waals surface area (Å²) in [6, 6.07) is 4.49. The molecular formula is C13H22N2OS. The maximum absolute atomic E-state index is 5.45. The molecule has 2 rings (SSSR count). The van der Waals surface area contributed by atoms with E-state index in [0.717, 1.165) is 19.6 Å². The highest BCUT2D eigenvalue weighted by Crippen LogP contribution is 2.21. The molecule has 1 atom stereocenters. The van der Waals surface area contributed by atoms with Gasteiger partial charge in [0.2, 0.25) is 0 Å². The van der Waals surface area contributed by atoms with Gasteiger partial charge < -0.3 is 10.1 Å². The third kappa shape index (κ3) is 3.78. The molecule has 0 radical (unpaired) electrons. The number of thiophene rings is 1. The molecule has 0 saturated carbocycles. The third-order valence-electron chi connectivity index (χ3n) is 3.24. The lowest BCUT2D eigenvalue weighted by atomic mass is 10.1. The molecule has 1 aliphatic heterocycles. The van der Waals surface area contributed by atoms with Gasteiger partial charge in [-0.25, -0.2) is 0 Å². The highest BCUT2D eigenvalue weighted by Gasteiger charge is 2.19. The minimum Gasteiger partial charge on any atom is -0.380 e. The van der Waals surface area contributed by atoms with Crippen LogP contribution in [0.25, 0.3) is 0 Å². The average Bonchev–Trinajstić information content (AvgIpc) is 2.77. The Hall–Kier alpha value is -0.420. The van der Waals surface area contributed by atoms with E-state index in [2.05, 4.69) is 22.3 Å². The minimum absolute atomic E-state index is 0.431. The van der Waals surface area contributed by atoms with Crippen molar-refractivity contribution in [3.05, 3.63) is 21.9 Å². The molecule has 1 saturated heterocycles. The number of nitrogens with zero attached hydrogens (tertiary/aromatic N) is 1. The summed E-state index contributed by atoms with van der Waals surface area (Å²) in [6.07, 6.45) is 2.90. The molecule has 1 aromatic rings. The maximum atomic E-state index is 5.45. The van der Waals surface area contributed by atoms with Crippen molar-refractivity contribution < 1.29 is 4.74 Å². The Morgan fingerprint density at radius 3 is 3.06 bits per heavy atom. The van der Waals surface area contributed by atoms with Crippen molar-refractivity contribution in [2.45, 2.75) is 32.0 Å². The van der Waals surface area contributed by atoms with Crippen LogP contribution in [0.5, 0.6) is 0 Å². The molecule has 0 spiro atoms. The van der Waals surface area contributed by atoms with E-state index in [4.69, 9.17) is 4.74 Å². The van der Waals surface area contributed by atoms with Crippen molar-refractivity contribution in [1.29, 1.82) is 0 Å². The minimum atomic E-state index is 0.431. The van der Waals surface area contributed by atoms with E-state index in [-0.39, 0.29) is 0 Å². The van der Waals surface area contributed by atoms with E-state index in [0.29, 0.717) is 6.10 Å². The van der Waals surface area contributed by atoms with Crippen molar-refractivity contribution >= 4 is 11.3 Å². The van der Waals surface area contributed by atoms with Crippen molar-refractivity contribution in [2.24, 2.45) is 0 Å². The van der Waals surface area contributed by atoms with Crippen LogP contribution in [0.1, 0.15) is 22.6 Å². The van der Waals surface area contributed by atoms with E-state index >= 15 is 0 Å². The predicted molar refractivity (Wildman–Crippen MR) is 72.4 cm³/mol. The van der Waals surface area contributed by atoms with Gasteiger partial charge >= 0.3 is 0 Å². The summed E-state index contributed by atoms with van der Waals surface area (Å²) in [5.41, 5.74) is 0. The molecule has 0 bridgehead atoms. The van der Waals surface area contributed by atoms with Crippen LogP contribution in [-0.4, -0.2) is 38.3 Å². The normalized spacial score (nSPS) is 21.9. The molecule has 1 unspecified atom stereocenters. The van der Waals surface area contributed by atoms with E-state index in [1.54, 1.807) is 0 Å². The van der Waals surface area contributed by atoms with Crippen LogP contribution in [-0.2, 0) is 17.8 Å². The zero-order chi connectivity index (χ0) is 12.1. The van der Waals surface area contributed by atoms with Crippen LogP contribution >= 0.6 is 11.3 Å². The van der Waals surface area contributed by atoms with E-state index in [9.17, 15) is 0 Å². The van der Waals surface area contributed by atoms with Gasteiger partial charge in [0.15, 0.2) is 0 Å². The van der Waals surface area contributed by atoms with Gasteiger partial charge in [-0.15, -0.1) is 11.3 Å². The van der Waals surface area contributed by atoms with Crippen molar-refractivity contribution in [3.8, 4) is 0 Å². The summed E-state index contributed by atoms with van der Waals surface area (Å²) >= 11 is 1.91. The van der Waals surface area contributed by atoms with Gasteiger partial charge in [0.25, 0.3) is 0 Å². The van der Waals surface area contributed by atoms with E-state index in [1.807, 2.05) is 25.5 Å². The Bertz CT molecular complexity index is 340. The maximum Gasteiger partial charge on any atom is 0.0698 e. The zero-order valence-corrected chi connectivity index (χ0v) is 11.6. The van der Waals surface area contributed by atoms with Gasteiger partial charge in [-0.1, -0.05) is 0 Å². The fraction of sp³-hybridized carbons (Fsp3) is 0.692. The Labute approximate surface area is 108 Å². The number of methoxy groups -OCH3 is 1. The molecule has 0 aromatic carbocycles. The van der Waals surface area contributed by atoms with Crippen LogP contribution in [0.2, 0.25) is 0 Å². The lowest BCUT2D eigenvalue weighted by molar-refractivity contribution is 0.0289. The first-order valence-electron chi connectivity index (χ1n) is 6.29. The molecule has 96 valence electrons. The fourth-order valence-corrected chi connectivity index (χ4v) is 3.42. The van der Waals surface area contributed by atoms with Crippen LogP contribution in [0.3, 0.4) is 0 Å². The first kappa shape index (κ1) is 13.0. The summed E-state index contributed by atoms with van der Waals surface area (Å²) in [6.45, 7) is 4.34. The number of rotatable bonds is 5. The number of nitrogens with one attached hydrogen (secondary N) is 1. The first-order valence-corrected chi connectivity index (χ1v) is 7.11. The second-order valence-electron chi connectivity index (χ2n) is 4.63. The highest BCUT2D eigenvalue weighted by molar-refractivity contribution is 7.11. The average molecular weight is 254 g/mol. The molecule has 3 nitrogen and oxygen atoms in total. The van der Waals surface area contributed by atoms with Gasteiger partial charge in [-0.3, -0.25) is 4.90 Å². The fourth-order valence-electron chi connectivity index (χ4n) is 2.35. The number of ether oxygens (including phenoxy) is 1. The SMILES string of the molecule is CNCc1ccc(CN2CCCC(OC)C2)s1. The second-order valence-corrected chi connectivity index (χ2v) is 5.89. The molecule has 1 aliphatic rings.